The summed E-state index contributed by atoms with van der Waals surface area (Å²) >= 11 is 0. The molecule has 2 atom stereocenters. The van der Waals surface area contributed by atoms with E-state index in [1.807, 2.05) is 0 Å². The van der Waals surface area contributed by atoms with Gasteiger partial charge in [-0.25, -0.2) is 0 Å². The molecule has 3 nitrogen and oxygen atoms in total. The lowest BCUT2D eigenvalue weighted by Gasteiger charge is -2.22. The molecular weight excluding hydrogens is 174 g/mol. The maximum absolute atomic E-state index is 8.58. The molecule has 82 valence electrons. The van der Waals surface area contributed by atoms with Crippen LogP contribution in [0.15, 0.2) is 0 Å². The highest BCUT2D eigenvalue weighted by Gasteiger charge is 2.13. The van der Waals surface area contributed by atoms with E-state index in [-0.39, 0.29) is 0 Å². The number of hydrogen-bond acceptors (Lipinski definition) is 3. The second-order valence-electron chi connectivity index (χ2n) is 4.12. The van der Waals surface area contributed by atoms with Gasteiger partial charge in [-0.2, -0.15) is 5.26 Å². The Hall–Kier alpha value is -0.590. The summed E-state index contributed by atoms with van der Waals surface area (Å²) in [5, 5.41) is 12.0. The van der Waals surface area contributed by atoms with Gasteiger partial charge in [0.15, 0.2) is 0 Å². The van der Waals surface area contributed by atoms with Crippen molar-refractivity contribution in [2.45, 2.75) is 39.7 Å². The minimum Gasteiger partial charge on any atom is -0.330 e. The van der Waals surface area contributed by atoms with Crippen LogP contribution in [-0.4, -0.2) is 19.1 Å². The summed E-state index contributed by atoms with van der Waals surface area (Å²) in [5.41, 5.74) is 5.67. The van der Waals surface area contributed by atoms with Crippen molar-refractivity contribution in [3.8, 4) is 6.07 Å². The molecule has 3 N–H and O–H groups in total. The first-order chi connectivity index (χ1) is 6.65. The van der Waals surface area contributed by atoms with Gasteiger partial charge in [0, 0.05) is 6.04 Å². The summed E-state index contributed by atoms with van der Waals surface area (Å²) in [6.07, 6.45) is 1.59. The van der Waals surface area contributed by atoms with Crippen molar-refractivity contribution < 1.29 is 0 Å². The van der Waals surface area contributed by atoms with Crippen LogP contribution in [0, 0.1) is 23.2 Å². The van der Waals surface area contributed by atoms with Gasteiger partial charge in [0.1, 0.15) is 0 Å². The Bertz CT molecular complexity index is 172. The van der Waals surface area contributed by atoms with Crippen LogP contribution in [0.5, 0.6) is 0 Å². The van der Waals surface area contributed by atoms with E-state index in [1.54, 1.807) is 0 Å². The summed E-state index contributed by atoms with van der Waals surface area (Å²) in [6.45, 7) is 8.11. The normalized spacial score (nSPS) is 15.1. The molecule has 3 heteroatoms. The molecule has 14 heavy (non-hydrogen) atoms. The summed E-state index contributed by atoms with van der Waals surface area (Å²) in [7, 11) is 0. The van der Waals surface area contributed by atoms with Crippen LogP contribution < -0.4 is 11.1 Å². The Morgan fingerprint density at radius 3 is 2.43 bits per heavy atom. The Kier molecular flexibility index (Phi) is 7.45. The SMILES string of the molecule is CCC(CC#N)NCC(CN)C(C)C. The lowest BCUT2D eigenvalue weighted by Crippen LogP contribution is -2.37. The fraction of sp³-hybridized carbons (Fsp3) is 0.909. The highest BCUT2D eigenvalue weighted by atomic mass is 14.9. The van der Waals surface area contributed by atoms with E-state index < -0.39 is 0 Å². The summed E-state index contributed by atoms with van der Waals surface area (Å²) in [4.78, 5) is 0. The Labute approximate surface area is 87.7 Å². The molecule has 0 aliphatic heterocycles. The second kappa shape index (κ2) is 7.78. The van der Waals surface area contributed by atoms with Crippen LogP contribution in [0.25, 0.3) is 0 Å². The monoisotopic (exact) mass is 197 g/mol. The molecule has 0 spiro atoms. The number of nitrogens with one attached hydrogen (secondary N) is 1. The smallest absolute Gasteiger partial charge is 0.0638 e. The standard InChI is InChI=1S/C11H23N3/c1-4-11(5-6-12)14-8-10(7-13)9(2)3/h9-11,14H,4-5,7-8,13H2,1-3H3. The highest BCUT2D eigenvalue weighted by molar-refractivity contribution is 4.80. The Balaban J connectivity index is 3.82. The van der Waals surface area contributed by atoms with Crippen LogP contribution in [0.1, 0.15) is 33.6 Å². The zero-order valence-corrected chi connectivity index (χ0v) is 9.59. The molecule has 0 saturated carbocycles. The number of nitrogens with zero attached hydrogens (tertiary/aromatic N) is 1. The molecule has 0 aliphatic rings. The van der Waals surface area contributed by atoms with Crippen LogP contribution in [0.2, 0.25) is 0 Å². The quantitative estimate of drug-likeness (QED) is 0.650. The topological polar surface area (TPSA) is 61.8 Å². The van der Waals surface area contributed by atoms with Crippen molar-refractivity contribution >= 4 is 0 Å². The average Bonchev–Trinajstić information content (AvgIpc) is 2.16. The van der Waals surface area contributed by atoms with Crippen molar-refractivity contribution in [1.29, 1.82) is 5.26 Å². The predicted molar refractivity (Wildman–Crippen MR) is 59.7 cm³/mol. The zero-order valence-electron chi connectivity index (χ0n) is 9.59. The summed E-state index contributed by atoms with van der Waals surface area (Å²) in [6, 6.07) is 2.52. The average molecular weight is 197 g/mol. The molecule has 2 unspecified atom stereocenters. The second-order valence-corrected chi connectivity index (χ2v) is 4.12. The van der Waals surface area contributed by atoms with Crippen molar-refractivity contribution in [3.63, 3.8) is 0 Å². The molecule has 0 aromatic heterocycles. The molecule has 0 aromatic rings. The maximum atomic E-state index is 8.58. The number of rotatable bonds is 7. The van der Waals surface area contributed by atoms with Gasteiger partial charge in [-0.15, -0.1) is 0 Å². The minimum absolute atomic E-state index is 0.327. The summed E-state index contributed by atoms with van der Waals surface area (Å²) in [5.74, 6) is 1.12. The van der Waals surface area contributed by atoms with E-state index in [2.05, 4.69) is 32.2 Å². The van der Waals surface area contributed by atoms with Crippen molar-refractivity contribution in [3.05, 3.63) is 0 Å². The lowest BCUT2D eigenvalue weighted by molar-refractivity contribution is 0.347. The molecule has 0 saturated heterocycles. The van der Waals surface area contributed by atoms with E-state index >= 15 is 0 Å². The Morgan fingerprint density at radius 1 is 1.43 bits per heavy atom. The van der Waals surface area contributed by atoms with Crippen LogP contribution in [0.4, 0.5) is 0 Å². The van der Waals surface area contributed by atoms with Gasteiger partial charge in [0.2, 0.25) is 0 Å². The van der Waals surface area contributed by atoms with E-state index in [0.29, 0.717) is 30.8 Å². The molecule has 0 radical (unpaired) electrons. The number of nitriles is 1. The van der Waals surface area contributed by atoms with Gasteiger partial charge >= 0.3 is 0 Å². The molecule has 0 rings (SSSR count). The zero-order chi connectivity index (χ0) is 11.0. The van der Waals surface area contributed by atoms with Crippen molar-refractivity contribution in [2.24, 2.45) is 17.6 Å². The first-order valence-electron chi connectivity index (χ1n) is 5.46. The molecule has 0 aromatic carbocycles. The van der Waals surface area contributed by atoms with Crippen LogP contribution in [0.3, 0.4) is 0 Å². The van der Waals surface area contributed by atoms with Crippen molar-refractivity contribution in [1.82, 2.24) is 5.32 Å². The van der Waals surface area contributed by atoms with Gasteiger partial charge in [0.25, 0.3) is 0 Å². The van der Waals surface area contributed by atoms with Gasteiger partial charge in [-0.1, -0.05) is 20.8 Å². The third kappa shape index (κ3) is 5.21. The number of nitrogens with two attached hydrogens (primary N) is 1. The minimum atomic E-state index is 0.327. The maximum Gasteiger partial charge on any atom is 0.0638 e. The van der Waals surface area contributed by atoms with E-state index in [4.69, 9.17) is 11.0 Å². The van der Waals surface area contributed by atoms with Gasteiger partial charge in [0.05, 0.1) is 12.5 Å². The van der Waals surface area contributed by atoms with Crippen LogP contribution >= 0.6 is 0 Å². The highest BCUT2D eigenvalue weighted by Crippen LogP contribution is 2.08. The molecular formula is C11H23N3. The van der Waals surface area contributed by atoms with E-state index in [1.165, 1.54) is 0 Å². The third-order valence-electron chi connectivity index (χ3n) is 2.74. The van der Waals surface area contributed by atoms with Gasteiger partial charge in [-0.05, 0) is 31.3 Å². The van der Waals surface area contributed by atoms with Gasteiger partial charge in [-0.3, -0.25) is 0 Å². The molecule has 0 aliphatic carbocycles. The van der Waals surface area contributed by atoms with Crippen molar-refractivity contribution in [2.75, 3.05) is 13.1 Å². The van der Waals surface area contributed by atoms with E-state index in [0.717, 1.165) is 13.0 Å². The van der Waals surface area contributed by atoms with Crippen LogP contribution in [-0.2, 0) is 0 Å². The fourth-order valence-corrected chi connectivity index (χ4v) is 1.38. The third-order valence-corrected chi connectivity index (χ3v) is 2.74. The molecule has 0 amide bonds. The van der Waals surface area contributed by atoms with Gasteiger partial charge < -0.3 is 11.1 Å². The first-order valence-corrected chi connectivity index (χ1v) is 5.46. The number of hydrogen-bond donors (Lipinski definition) is 2. The molecule has 0 fully saturated rings. The summed E-state index contributed by atoms with van der Waals surface area (Å²) < 4.78 is 0. The molecule has 0 bridgehead atoms. The predicted octanol–water partition coefficient (Wildman–Crippen LogP) is 1.50. The largest absolute Gasteiger partial charge is 0.330 e. The Morgan fingerprint density at radius 2 is 2.07 bits per heavy atom. The molecule has 0 heterocycles. The first kappa shape index (κ1) is 13.4. The van der Waals surface area contributed by atoms with E-state index in [9.17, 15) is 0 Å². The lowest BCUT2D eigenvalue weighted by atomic mass is 9.95. The fourth-order valence-electron chi connectivity index (χ4n) is 1.38.